The summed E-state index contributed by atoms with van der Waals surface area (Å²) < 4.78 is 5.50. The molecule has 1 aromatic carbocycles. The quantitative estimate of drug-likeness (QED) is 0.602. The molecule has 4 heterocycles. The lowest BCUT2D eigenvalue weighted by Gasteiger charge is -2.28. The topological polar surface area (TPSA) is 78.3 Å². The van der Waals surface area contributed by atoms with Crippen LogP contribution in [-0.2, 0) is 9.53 Å². The van der Waals surface area contributed by atoms with E-state index in [0.717, 1.165) is 35.6 Å². The smallest absolute Gasteiger partial charge is 0.410 e. The van der Waals surface area contributed by atoms with E-state index in [9.17, 15) is 9.59 Å². The second kappa shape index (κ2) is 9.24. The summed E-state index contributed by atoms with van der Waals surface area (Å²) in [6, 6.07) is 11.3. The van der Waals surface area contributed by atoms with Gasteiger partial charge in [-0.3, -0.25) is 9.79 Å². The lowest BCUT2D eigenvalue weighted by atomic mass is 10.1. The molecule has 8 nitrogen and oxygen atoms in total. The fraction of sp³-hybridized carbons (Fsp3) is 0.407. The number of anilines is 2. The van der Waals surface area contributed by atoms with E-state index in [4.69, 9.17) is 16.3 Å². The van der Waals surface area contributed by atoms with E-state index in [-0.39, 0.29) is 24.1 Å². The highest BCUT2D eigenvalue weighted by Crippen LogP contribution is 2.34. The van der Waals surface area contributed by atoms with Gasteiger partial charge in [0.15, 0.2) is 0 Å². The molecule has 3 aliphatic rings. The van der Waals surface area contributed by atoms with Gasteiger partial charge in [-0.15, -0.1) is 0 Å². The average Bonchev–Trinajstić information content (AvgIpc) is 3.55. The van der Waals surface area contributed by atoms with Crippen LogP contribution in [0, 0.1) is 0 Å². The van der Waals surface area contributed by atoms with Gasteiger partial charge in [0.25, 0.3) is 5.91 Å². The zero-order valence-electron chi connectivity index (χ0n) is 20.9. The van der Waals surface area contributed by atoms with Crippen LogP contribution in [-0.4, -0.2) is 65.9 Å². The molecule has 1 aromatic heterocycles. The van der Waals surface area contributed by atoms with Crippen molar-refractivity contribution in [2.75, 3.05) is 36.5 Å². The van der Waals surface area contributed by atoms with Crippen molar-refractivity contribution in [1.82, 2.24) is 9.88 Å². The second-order valence-electron chi connectivity index (χ2n) is 10.4. The molecule has 5 rings (SSSR count). The molecule has 9 heteroatoms. The number of halogens is 1. The highest BCUT2D eigenvalue weighted by Gasteiger charge is 2.38. The summed E-state index contributed by atoms with van der Waals surface area (Å²) in [5.74, 6) is 0.720. The number of hydrogen-bond donors (Lipinski definition) is 0. The van der Waals surface area contributed by atoms with Gasteiger partial charge in [0.2, 0.25) is 0 Å². The van der Waals surface area contributed by atoms with E-state index in [1.165, 1.54) is 0 Å². The molecule has 2 saturated heterocycles. The zero-order valence-corrected chi connectivity index (χ0v) is 21.7. The Bertz CT molecular complexity index is 1230. The van der Waals surface area contributed by atoms with Crippen LogP contribution in [0.2, 0.25) is 5.02 Å². The predicted octanol–water partition coefficient (Wildman–Crippen LogP) is 4.65. The zero-order chi connectivity index (χ0) is 25.6. The maximum absolute atomic E-state index is 13.1. The number of benzene rings is 1. The van der Waals surface area contributed by atoms with Crippen LogP contribution in [0.3, 0.4) is 0 Å². The highest BCUT2D eigenvalue weighted by molar-refractivity contribution is 6.53. The van der Waals surface area contributed by atoms with Crippen LogP contribution in [0.25, 0.3) is 0 Å². The van der Waals surface area contributed by atoms with Crippen molar-refractivity contribution in [2.24, 2.45) is 4.99 Å². The Morgan fingerprint density at radius 3 is 2.56 bits per heavy atom. The van der Waals surface area contributed by atoms with E-state index in [0.29, 0.717) is 23.8 Å². The van der Waals surface area contributed by atoms with Crippen LogP contribution in [0.4, 0.5) is 16.3 Å². The van der Waals surface area contributed by atoms with Gasteiger partial charge in [-0.25, -0.2) is 9.78 Å². The molecule has 0 radical (unpaired) electrons. The molecule has 3 aliphatic heterocycles. The fourth-order valence-corrected chi connectivity index (χ4v) is 4.86. The summed E-state index contributed by atoms with van der Waals surface area (Å²) in [6.07, 6.45) is 4.30. The Balaban J connectivity index is 1.22. The highest BCUT2D eigenvalue weighted by atomic mass is 35.5. The van der Waals surface area contributed by atoms with Gasteiger partial charge >= 0.3 is 6.09 Å². The number of pyridine rings is 1. The number of likely N-dealkylation sites (N-methyl/N-ethyl adjacent to an activating group) is 1. The van der Waals surface area contributed by atoms with Crippen molar-refractivity contribution < 1.29 is 14.3 Å². The third-order valence-electron chi connectivity index (χ3n) is 6.68. The Morgan fingerprint density at radius 2 is 1.92 bits per heavy atom. The van der Waals surface area contributed by atoms with E-state index in [1.807, 2.05) is 63.2 Å². The minimum Gasteiger partial charge on any atom is -0.444 e. The van der Waals surface area contributed by atoms with Crippen molar-refractivity contribution in [3.05, 3.63) is 64.8 Å². The summed E-state index contributed by atoms with van der Waals surface area (Å²) >= 11 is 5.99. The van der Waals surface area contributed by atoms with Crippen LogP contribution < -0.4 is 9.80 Å². The van der Waals surface area contributed by atoms with Crippen molar-refractivity contribution in [3.63, 3.8) is 0 Å². The monoisotopic (exact) mass is 507 g/mol. The van der Waals surface area contributed by atoms with E-state index >= 15 is 0 Å². The third kappa shape index (κ3) is 4.82. The summed E-state index contributed by atoms with van der Waals surface area (Å²) in [6.45, 7) is 7.55. The number of aromatic nitrogens is 1. The van der Waals surface area contributed by atoms with E-state index in [1.54, 1.807) is 23.0 Å². The third-order valence-corrected chi connectivity index (χ3v) is 6.93. The molecule has 0 saturated carbocycles. The van der Waals surface area contributed by atoms with Gasteiger partial charge in [-0.05, 0) is 63.1 Å². The molecule has 2 aromatic rings. The van der Waals surface area contributed by atoms with Crippen molar-refractivity contribution >= 4 is 40.8 Å². The molecule has 2 unspecified atom stereocenters. The van der Waals surface area contributed by atoms with Crippen LogP contribution in [0.5, 0.6) is 0 Å². The number of aliphatic imine (C=N–C) groups is 1. The second-order valence-corrected chi connectivity index (χ2v) is 10.8. The van der Waals surface area contributed by atoms with Gasteiger partial charge in [-0.2, -0.15) is 0 Å². The average molecular weight is 508 g/mol. The number of carbonyl (C=O) groups excluding carboxylic acids is 2. The Hall–Kier alpha value is -3.39. The molecule has 0 N–H and O–H groups in total. The molecule has 0 spiro atoms. The van der Waals surface area contributed by atoms with Crippen molar-refractivity contribution in [3.8, 4) is 0 Å². The molecule has 2 atom stereocenters. The number of ether oxygens (including phenoxy) is 1. The summed E-state index contributed by atoms with van der Waals surface area (Å²) in [5.41, 5.74) is 2.69. The van der Waals surface area contributed by atoms with Gasteiger partial charge < -0.3 is 19.4 Å². The first-order valence-corrected chi connectivity index (χ1v) is 12.5. The Labute approximate surface area is 216 Å². The molecule has 0 aliphatic carbocycles. The maximum atomic E-state index is 13.1. The lowest BCUT2D eigenvalue weighted by Crippen LogP contribution is -2.42. The molecule has 0 bridgehead atoms. The van der Waals surface area contributed by atoms with Gasteiger partial charge in [0.05, 0.1) is 30.5 Å². The van der Waals surface area contributed by atoms with Gasteiger partial charge in [0.1, 0.15) is 17.1 Å². The number of amides is 2. The first-order valence-electron chi connectivity index (χ1n) is 12.1. The standard InChI is InChI=1S/C27H30ClN5O3/c1-27(2,3)36-26(35)31(4)21-11-12-32(16-21)23-10-9-20(14-29-23)33-15-18-13-22(30-24(18)25(33)34)17-5-7-19(28)8-6-17/h5-10,13-14,21-22H,11-12,15-16H2,1-4H3. The summed E-state index contributed by atoms with van der Waals surface area (Å²) in [7, 11) is 1.78. The predicted molar refractivity (Wildman–Crippen MR) is 141 cm³/mol. The SMILES string of the molecule is CN(C(=O)OC(C)(C)C)C1CCN(c2ccc(N3CC4=CC(c5ccc(Cl)cc5)N=C4C3=O)cn2)C1. The molecular formula is C27H30ClN5O3. The Kier molecular flexibility index (Phi) is 6.24. The van der Waals surface area contributed by atoms with Gasteiger partial charge in [-0.1, -0.05) is 23.7 Å². The van der Waals surface area contributed by atoms with Crippen molar-refractivity contribution in [2.45, 2.75) is 44.9 Å². The number of rotatable bonds is 4. The normalized spacial score (nSPS) is 21.4. The first kappa shape index (κ1) is 24.3. The van der Waals surface area contributed by atoms with Crippen LogP contribution >= 0.6 is 11.6 Å². The number of nitrogens with zero attached hydrogens (tertiary/aromatic N) is 5. The van der Waals surface area contributed by atoms with Crippen LogP contribution in [0.1, 0.15) is 38.8 Å². The maximum Gasteiger partial charge on any atom is 0.410 e. The number of carbonyl (C=O) groups is 2. The summed E-state index contributed by atoms with van der Waals surface area (Å²) in [4.78, 5) is 40.3. The van der Waals surface area contributed by atoms with Crippen molar-refractivity contribution in [1.29, 1.82) is 0 Å². The Morgan fingerprint density at radius 1 is 1.17 bits per heavy atom. The first-order chi connectivity index (χ1) is 17.1. The van der Waals surface area contributed by atoms with Crippen LogP contribution in [0.15, 0.2) is 59.2 Å². The minimum atomic E-state index is -0.523. The molecule has 2 fully saturated rings. The summed E-state index contributed by atoms with van der Waals surface area (Å²) in [5, 5.41) is 0.676. The molecular weight excluding hydrogens is 478 g/mol. The molecule has 188 valence electrons. The molecule has 36 heavy (non-hydrogen) atoms. The number of hydrogen-bond acceptors (Lipinski definition) is 6. The minimum absolute atomic E-state index is 0.0550. The molecule has 2 amide bonds. The van der Waals surface area contributed by atoms with Gasteiger partial charge in [0, 0.05) is 30.7 Å². The fourth-order valence-electron chi connectivity index (χ4n) is 4.73. The largest absolute Gasteiger partial charge is 0.444 e. The van der Waals surface area contributed by atoms with E-state index < -0.39 is 5.60 Å². The lowest BCUT2D eigenvalue weighted by molar-refractivity contribution is -0.111. The number of fused-ring (bicyclic) bond motifs is 1. The van der Waals surface area contributed by atoms with E-state index in [2.05, 4.69) is 14.9 Å².